The molecule has 0 fully saturated rings. The Hall–Kier alpha value is 0.240. The van der Waals surface area contributed by atoms with Gasteiger partial charge in [-0.15, -0.1) is 0 Å². The van der Waals surface area contributed by atoms with Crippen molar-refractivity contribution < 1.29 is 38.6 Å². The number of aliphatic hydroxyl groups is 1. The standard InChI is InChI=1S/C7H17NO8P2S/c1-4(9)19-6(2,3)5(8)7(10,17(11,12)13)18(14,15)16/h5,10H,8H2,1-3H3,(H2,11,12,13)(H2,14,15,16). The second-order valence-electron chi connectivity index (χ2n) is 4.45. The van der Waals surface area contributed by atoms with Crippen LogP contribution in [0.5, 0.6) is 0 Å². The molecule has 0 heterocycles. The van der Waals surface area contributed by atoms with Crippen molar-refractivity contribution in [2.24, 2.45) is 5.73 Å². The molecule has 0 aliphatic rings. The second-order valence-corrected chi connectivity index (χ2v) is 10.2. The average molecular weight is 337 g/mol. The van der Waals surface area contributed by atoms with Crippen molar-refractivity contribution in [3.8, 4) is 0 Å². The molecule has 0 radical (unpaired) electrons. The van der Waals surface area contributed by atoms with E-state index in [1.165, 1.54) is 13.8 Å². The van der Waals surface area contributed by atoms with Gasteiger partial charge >= 0.3 is 15.2 Å². The molecule has 1 unspecified atom stereocenters. The lowest BCUT2D eigenvalue weighted by Crippen LogP contribution is -2.57. The van der Waals surface area contributed by atoms with Crippen LogP contribution in [0.15, 0.2) is 0 Å². The number of carbonyl (C=O) groups excluding carboxylic acids is 1. The highest BCUT2D eigenvalue weighted by atomic mass is 32.2. The van der Waals surface area contributed by atoms with Crippen molar-refractivity contribution in [3.63, 3.8) is 0 Å². The van der Waals surface area contributed by atoms with Crippen molar-refractivity contribution in [1.29, 1.82) is 0 Å². The summed E-state index contributed by atoms with van der Waals surface area (Å²) in [7, 11) is -11.3. The summed E-state index contributed by atoms with van der Waals surface area (Å²) in [5, 5.41) is 5.58. The van der Waals surface area contributed by atoms with Gasteiger partial charge in [-0.3, -0.25) is 13.9 Å². The van der Waals surface area contributed by atoms with Crippen LogP contribution in [0, 0.1) is 0 Å². The maximum atomic E-state index is 11.3. The summed E-state index contributed by atoms with van der Waals surface area (Å²) in [5.74, 6) is 0. The van der Waals surface area contributed by atoms with E-state index >= 15 is 0 Å². The molecule has 114 valence electrons. The molecule has 0 saturated carbocycles. The molecule has 0 aliphatic carbocycles. The highest BCUT2D eigenvalue weighted by Crippen LogP contribution is 2.70. The van der Waals surface area contributed by atoms with Gasteiger partial charge in [0, 0.05) is 11.7 Å². The summed E-state index contributed by atoms with van der Waals surface area (Å²) < 4.78 is 21.0. The number of thioether (sulfide) groups is 1. The Labute approximate surface area is 113 Å². The molecule has 12 heteroatoms. The average Bonchev–Trinajstić information content (AvgIpc) is 2.09. The molecule has 0 rings (SSSR count). The fourth-order valence-corrected chi connectivity index (χ4v) is 5.37. The molecular formula is C7H17NO8P2S. The third kappa shape index (κ3) is 3.87. The summed E-state index contributed by atoms with van der Waals surface area (Å²) in [5.41, 5.74) is 5.44. The van der Waals surface area contributed by atoms with E-state index in [2.05, 4.69) is 0 Å². The minimum atomic E-state index is -5.66. The summed E-state index contributed by atoms with van der Waals surface area (Å²) in [4.78, 5) is 47.2. The first-order valence-electron chi connectivity index (χ1n) is 4.86. The zero-order chi connectivity index (χ0) is 15.9. The molecular weight excluding hydrogens is 320 g/mol. The van der Waals surface area contributed by atoms with Crippen LogP contribution >= 0.6 is 27.0 Å². The maximum Gasteiger partial charge on any atom is 0.371 e. The number of rotatable bonds is 5. The van der Waals surface area contributed by atoms with Gasteiger partial charge in [-0.1, -0.05) is 11.8 Å². The van der Waals surface area contributed by atoms with E-state index in [0.717, 1.165) is 6.92 Å². The lowest BCUT2D eigenvalue weighted by Gasteiger charge is -2.41. The van der Waals surface area contributed by atoms with Crippen LogP contribution in [0.1, 0.15) is 20.8 Å². The first-order valence-corrected chi connectivity index (χ1v) is 8.90. The van der Waals surface area contributed by atoms with E-state index in [1.54, 1.807) is 0 Å². The Morgan fingerprint density at radius 3 is 1.68 bits per heavy atom. The van der Waals surface area contributed by atoms with E-state index in [0.29, 0.717) is 11.8 Å². The quantitative estimate of drug-likeness (QED) is 0.354. The first-order chi connectivity index (χ1) is 8.07. The molecule has 0 aliphatic heterocycles. The third-order valence-corrected chi connectivity index (χ3v) is 7.33. The molecule has 0 aromatic carbocycles. The molecule has 0 bridgehead atoms. The molecule has 0 amide bonds. The van der Waals surface area contributed by atoms with Gasteiger partial charge in [-0.25, -0.2) is 0 Å². The van der Waals surface area contributed by atoms with Gasteiger partial charge in [0.2, 0.25) is 0 Å². The van der Waals surface area contributed by atoms with Gasteiger partial charge in [0.05, 0.1) is 6.04 Å². The van der Waals surface area contributed by atoms with Gasteiger partial charge in [0.25, 0.3) is 5.08 Å². The molecule has 0 aromatic heterocycles. The van der Waals surface area contributed by atoms with E-state index in [1.807, 2.05) is 0 Å². The Kier molecular flexibility index (Phi) is 5.63. The highest BCUT2D eigenvalue weighted by Gasteiger charge is 2.66. The molecule has 7 N–H and O–H groups in total. The molecule has 19 heavy (non-hydrogen) atoms. The van der Waals surface area contributed by atoms with Gasteiger partial charge in [0.1, 0.15) is 0 Å². The van der Waals surface area contributed by atoms with Crippen LogP contribution in [0.4, 0.5) is 0 Å². The first kappa shape index (κ1) is 19.2. The second kappa shape index (κ2) is 5.55. The van der Waals surface area contributed by atoms with Crippen LogP contribution in [0.2, 0.25) is 0 Å². The SMILES string of the molecule is CC(=O)SC(C)(C)C(N)C(O)(P(=O)(O)O)P(=O)(O)O. The number of nitrogens with two attached hydrogens (primary N) is 1. The zero-order valence-electron chi connectivity index (χ0n) is 10.4. The molecule has 0 saturated heterocycles. The van der Waals surface area contributed by atoms with Gasteiger partial charge in [0.15, 0.2) is 5.12 Å². The van der Waals surface area contributed by atoms with Crippen LogP contribution in [0.25, 0.3) is 0 Å². The van der Waals surface area contributed by atoms with Crippen LogP contribution < -0.4 is 5.73 Å². The Morgan fingerprint density at radius 2 is 1.47 bits per heavy atom. The molecule has 0 aromatic rings. The smallest absolute Gasteiger partial charge is 0.366 e. The third-order valence-electron chi connectivity index (χ3n) is 2.43. The predicted molar refractivity (Wildman–Crippen MR) is 69.4 cm³/mol. The molecule has 0 spiro atoms. The minimum Gasteiger partial charge on any atom is -0.366 e. The van der Waals surface area contributed by atoms with E-state index < -0.39 is 36.2 Å². The number of carbonyl (C=O) groups is 1. The maximum absolute atomic E-state index is 11.3. The highest BCUT2D eigenvalue weighted by molar-refractivity contribution is 8.14. The van der Waals surface area contributed by atoms with Crippen molar-refractivity contribution in [1.82, 2.24) is 0 Å². The number of hydrogen-bond donors (Lipinski definition) is 6. The fourth-order valence-electron chi connectivity index (χ4n) is 1.43. The number of hydrogen-bond acceptors (Lipinski definition) is 6. The van der Waals surface area contributed by atoms with E-state index in [9.17, 15) is 19.0 Å². The van der Waals surface area contributed by atoms with Gasteiger partial charge in [-0.05, 0) is 13.8 Å². The van der Waals surface area contributed by atoms with Gasteiger partial charge < -0.3 is 30.4 Å². The van der Waals surface area contributed by atoms with Crippen molar-refractivity contribution in [2.45, 2.75) is 36.6 Å². The van der Waals surface area contributed by atoms with Crippen molar-refractivity contribution in [2.75, 3.05) is 0 Å². The molecule has 1 atom stereocenters. The van der Waals surface area contributed by atoms with Crippen LogP contribution in [-0.2, 0) is 13.9 Å². The Bertz CT molecular complexity index is 432. The van der Waals surface area contributed by atoms with Crippen LogP contribution in [0.3, 0.4) is 0 Å². The lowest BCUT2D eigenvalue weighted by atomic mass is 10.1. The summed E-state index contributed by atoms with van der Waals surface area (Å²) in [6.07, 6.45) is 0. The fraction of sp³-hybridized carbons (Fsp3) is 0.857. The van der Waals surface area contributed by atoms with E-state index in [4.69, 9.17) is 25.3 Å². The zero-order valence-corrected chi connectivity index (χ0v) is 13.0. The van der Waals surface area contributed by atoms with Crippen molar-refractivity contribution >= 4 is 32.1 Å². The van der Waals surface area contributed by atoms with Crippen molar-refractivity contribution in [3.05, 3.63) is 0 Å². The monoisotopic (exact) mass is 337 g/mol. The molecule has 9 nitrogen and oxygen atoms in total. The lowest BCUT2D eigenvalue weighted by molar-refractivity contribution is -0.109. The van der Waals surface area contributed by atoms with Crippen LogP contribution in [-0.4, -0.2) is 45.7 Å². The minimum absolute atomic E-state index is 0.487. The largest absolute Gasteiger partial charge is 0.371 e. The Balaban J connectivity index is 5.89. The normalized spacial score (nSPS) is 16.3. The topological polar surface area (TPSA) is 178 Å². The summed E-state index contributed by atoms with van der Waals surface area (Å²) in [6, 6.07) is -2.05. The van der Waals surface area contributed by atoms with Gasteiger partial charge in [-0.2, -0.15) is 0 Å². The Morgan fingerprint density at radius 1 is 1.16 bits per heavy atom. The summed E-state index contributed by atoms with van der Waals surface area (Å²) >= 11 is 0.513. The summed E-state index contributed by atoms with van der Waals surface area (Å²) in [6.45, 7) is 3.62. The van der Waals surface area contributed by atoms with E-state index in [-0.39, 0.29) is 0 Å². The predicted octanol–water partition coefficient (Wildman–Crippen LogP) is -0.627.